The molecule has 2 rings (SSSR count). The smallest absolute Gasteiger partial charge is 0.308 e. The summed E-state index contributed by atoms with van der Waals surface area (Å²) in [6, 6.07) is 5.49. The van der Waals surface area contributed by atoms with E-state index in [1.54, 1.807) is 6.07 Å². The average molecular weight is 212 g/mol. The number of halogens is 1. The van der Waals surface area contributed by atoms with Crippen molar-refractivity contribution in [3.05, 3.63) is 28.8 Å². The Morgan fingerprint density at radius 2 is 2.36 bits per heavy atom. The summed E-state index contributed by atoms with van der Waals surface area (Å²) in [6.45, 7) is 0.475. The van der Waals surface area contributed by atoms with E-state index in [0.29, 0.717) is 18.0 Å². The molecule has 74 valence electrons. The molecule has 1 aromatic carbocycles. The van der Waals surface area contributed by atoms with Crippen molar-refractivity contribution in [1.29, 1.82) is 0 Å². The molecule has 1 unspecified atom stereocenters. The quantitative estimate of drug-likeness (QED) is 0.747. The average Bonchev–Trinajstić information content (AvgIpc) is 2.16. The molecule has 0 amide bonds. The molecule has 0 bridgehead atoms. The number of hydrogen-bond acceptors (Lipinski definition) is 2. The predicted octanol–water partition coefficient (Wildman–Crippen LogP) is 2.01. The fourth-order valence-corrected chi connectivity index (χ4v) is 1.81. The summed E-state index contributed by atoms with van der Waals surface area (Å²) in [4.78, 5) is 10.8. The van der Waals surface area contributed by atoms with E-state index in [2.05, 4.69) is 5.32 Å². The van der Waals surface area contributed by atoms with Gasteiger partial charge in [-0.05, 0) is 24.1 Å². The van der Waals surface area contributed by atoms with Gasteiger partial charge in [0, 0.05) is 17.3 Å². The van der Waals surface area contributed by atoms with E-state index in [1.165, 1.54) is 0 Å². The topological polar surface area (TPSA) is 49.3 Å². The molecule has 3 nitrogen and oxygen atoms in total. The SMILES string of the molecule is O=C(O)C1CNc2cc(Cl)ccc2C1. The summed E-state index contributed by atoms with van der Waals surface area (Å²) in [7, 11) is 0. The van der Waals surface area contributed by atoms with Gasteiger partial charge >= 0.3 is 5.97 Å². The number of carbonyl (C=O) groups is 1. The normalized spacial score (nSPS) is 19.6. The summed E-state index contributed by atoms with van der Waals surface area (Å²) in [5.41, 5.74) is 1.98. The minimum atomic E-state index is -0.752. The highest BCUT2D eigenvalue weighted by Crippen LogP contribution is 2.27. The number of benzene rings is 1. The van der Waals surface area contributed by atoms with Gasteiger partial charge < -0.3 is 10.4 Å². The molecule has 0 aromatic heterocycles. The van der Waals surface area contributed by atoms with Crippen LogP contribution in [0, 0.1) is 5.92 Å². The zero-order valence-electron chi connectivity index (χ0n) is 7.46. The van der Waals surface area contributed by atoms with Gasteiger partial charge in [0.15, 0.2) is 0 Å². The van der Waals surface area contributed by atoms with E-state index in [1.807, 2.05) is 12.1 Å². The molecule has 14 heavy (non-hydrogen) atoms. The maximum Gasteiger partial charge on any atom is 0.308 e. The van der Waals surface area contributed by atoms with Crippen LogP contribution in [0.25, 0.3) is 0 Å². The standard InChI is InChI=1S/C10H10ClNO2/c11-8-2-1-6-3-7(10(13)14)5-12-9(6)4-8/h1-2,4,7,12H,3,5H2,(H,13,14). The zero-order valence-corrected chi connectivity index (χ0v) is 8.21. The maximum absolute atomic E-state index is 10.8. The summed E-state index contributed by atoms with van der Waals surface area (Å²) < 4.78 is 0. The molecule has 4 heteroatoms. The first-order valence-corrected chi connectivity index (χ1v) is 4.79. The lowest BCUT2D eigenvalue weighted by Crippen LogP contribution is -2.29. The van der Waals surface area contributed by atoms with Gasteiger partial charge in [-0.15, -0.1) is 0 Å². The Balaban J connectivity index is 2.27. The van der Waals surface area contributed by atoms with Crippen molar-refractivity contribution in [1.82, 2.24) is 0 Å². The van der Waals surface area contributed by atoms with Gasteiger partial charge in [0.2, 0.25) is 0 Å². The summed E-state index contributed by atoms with van der Waals surface area (Å²) in [6.07, 6.45) is 0.578. The second kappa shape index (κ2) is 3.50. The van der Waals surface area contributed by atoms with Gasteiger partial charge in [-0.2, -0.15) is 0 Å². The number of carboxylic acid groups (broad SMARTS) is 1. The van der Waals surface area contributed by atoms with Crippen LogP contribution in [-0.4, -0.2) is 17.6 Å². The van der Waals surface area contributed by atoms with Crippen molar-refractivity contribution >= 4 is 23.3 Å². The van der Waals surface area contributed by atoms with Crippen molar-refractivity contribution < 1.29 is 9.90 Å². The van der Waals surface area contributed by atoms with Gasteiger partial charge in [-0.3, -0.25) is 4.79 Å². The van der Waals surface area contributed by atoms with Gasteiger partial charge in [-0.25, -0.2) is 0 Å². The molecule has 0 spiro atoms. The van der Waals surface area contributed by atoms with E-state index >= 15 is 0 Å². The Morgan fingerprint density at radius 3 is 3.07 bits per heavy atom. The van der Waals surface area contributed by atoms with Crippen molar-refractivity contribution in [3.8, 4) is 0 Å². The van der Waals surface area contributed by atoms with Gasteiger partial charge in [0.25, 0.3) is 0 Å². The Hall–Kier alpha value is -1.22. The molecule has 1 atom stereocenters. The van der Waals surface area contributed by atoms with Crippen LogP contribution in [0.5, 0.6) is 0 Å². The lowest BCUT2D eigenvalue weighted by Gasteiger charge is -2.23. The second-order valence-electron chi connectivity index (χ2n) is 3.42. The van der Waals surface area contributed by atoms with Crippen LogP contribution in [0.15, 0.2) is 18.2 Å². The molecule has 0 aliphatic carbocycles. The number of aliphatic carboxylic acids is 1. The third-order valence-corrected chi connectivity index (χ3v) is 2.66. The fourth-order valence-electron chi connectivity index (χ4n) is 1.64. The molecule has 2 N–H and O–H groups in total. The molecule has 1 aromatic rings. The molecule has 0 saturated heterocycles. The van der Waals surface area contributed by atoms with Crippen LogP contribution in [0.2, 0.25) is 5.02 Å². The molecule has 1 aliphatic rings. The minimum absolute atomic E-state index is 0.330. The van der Waals surface area contributed by atoms with Crippen LogP contribution in [-0.2, 0) is 11.2 Å². The highest BCUT2D eigenvalue weighted by Gasteiger charge is 2.23. The number of carboxylic acids is 1. The zero-order chi connectivity index (χ0) is 10.1. The first kappa shape index (κ1) is 9.34. The second-order valence-corrected chi connectivity index (χ2v) is 3.86. The Morgan fingerprint density at radius 1 is 1.57 bits per heavy atom. The summed E-state index contributed by atoms with van der Waals surface area (Å²) in [5, 5.41) is 12.6. The lowest BCUT2D eigenvalue weighted by molar-refractivity contribution is -0.141. The number of anilines is 1. The highest BCUT2D eigenvalue weighted by molar-refractivity contribution is 6.30. The number of nitrogens with one attached hydrogen (secondary N) is 1. The van der Waals surface area contributed by atoms with Gasteiger partial charge in [0.05, 0.1) is 5.92 Å². The Kier molecular flexibility index (Phi) is 2.33. The monoisotopic (exact) mass is 211 g/mol. The summed E-state index contributed by atoms with van der Waals surface area (Å²) >= 11 is 5.82. The van der Waals surface area contributed by atoms with E-state index in [-0.39, 0.29) is 5.92 Å². The minimum Gasteiger partial charge on any atom is -0.481 e. The van der Waals surface area contributed by atoms with Crippen molar-refractivity contribution in [2.24, 2.45) is 5.92 Å². The number of fused-ring (bicyclic) bond motifs is 1. The van der Waals surface area contributed by atoms with Crippen molar-refractivity contribution in [2.45, 2.75) is 6.42 Å². The van der Waals surface area contributed by atoms with E-state index in [4.69, 9.17) is 16.7 Å². The highest BCUT2D eigenvalue weighted by atomic mass is 35.5. The van der Waals surface area contributed by atoms with Crippen LogP contribution in [0.1, 0.15) is 5.56 Å². The van der Waals surface area contributed by atoms with Gasteiger partial charge in [0.1, 0.15) is 0 Å². The third kappa shape index (κ3) is 1.68. The maximum atomic E-state index is 10.8. The molecule has 0 saturated carbocycles. The van der Waals surface area contributed by atoms with Crippen LogP contribution in [0.4, 0.5) is 5.69 Å². The number of rotatable bonds is 1. The molecular formula is C10H10ClNO2. The molecule has 1 heterocycles. The van der Waals surface area contributed by atoms with E-state index < -0.39 is 5.97 Å². The predicted molar refractivity (Wildman–Crippen MR) is 54.8 cm³/mol. The summed E-state index contributed by atoms with van der Waals surface area (Å²) in [5.74, 6) is -1.08. The third-order valence-electron chi connectivity index (χ3n) is 2.43. The molecule has 0 fully saturated rings. The first-order valence-electron chi connectivity index (χ1n) is 4.42. The Bertz CT molecular complexity index is 378. The van der Waals surface area contributed by atoms with Gasteiger partial charge in [-0.1, -0.05) is 17.7 Å². The van der Waals surface area contributed by atoms with E-state index in [0.717, 1.165) is 11.3 Å². The fraction of sp³-hybridized carbons (Fsp3) is 0.300. The van der Waals surface area contributed by atoms with Crippen LogP contribution in [0.3, 0.4) is 0 Å². The van der Waals surface area contributed by atoms with Crippen molar-refractivity contribution in [3.63, 3.8) is 0 Å². The Labute approximate surface area is 86.7 Å². The first-order chi connectivity index (χ1) is 6.66. The van der Waals surface area contributed by atoms with E-state index in [9.17, 15) is 4.79 Å². The molecular weight excluding hydrogens is 202 g/mol. The van der Waals surface area contributed by atoms with Crippen molar-refractivity contribution in [2.75, 3.05) is 11.9 Å². The molecule has 0 radical (unpaired) electrons. The largest absolute Gasteiger partial charge is 0.481 e. The van der Waals surface area contributed by atoms with Crippen LogP contribution < -0.4 is 5.32 Å². The lowest BCUT2D eigenvalue weighted by atomic mass is 9.94. The number of hydrogen-bond donors (Lipinski definition) is 2. The van der Waals surface area contributed by atoms with Crippen LogP contribution >= 0.6 is 11.6 Å². The molecule has 1 aliphatic heterocycles.